The quantitative estimate of drug-likeness (QED) is 0.621. The molecule has 168 valence electrons. The lowest BCUT2D eigenvalue weighted by Gasteiger charge is -2.39. The van der Waals surface area contributed by atoms with Crippen LogP contribution in [0.3, 0.4) is 0 Å². The molecular weight excluding hydrogens is 422 g/mol. The Balaban J connectivity index is 1.09. The average molecular weight is 452 g/mol. The number of aryl methyl sites for hydroxylation is 1. The summed E-state index contributed by atoms with van der Waals surface area (Å²) in [6, 6.07) is 12.1. The Bertz CT molecular complexity index is 1060. The second-order valence-electron chi connectivity index (χ2n) is 8.82. The molecule has 2 fully saturated rings. The Morgan fingerprint density at radius 2 is 2.03 bits per heavy atom. The van der Waals surface area contributed by atoms with Crippen LogP contribution < -0.4 is 5.32 Å². The third kappa shape index (κ3) is 4.77. The van der Waals surface area contributed by atoms with Crippen LogP contribution in [-0.4, -0.2) is 56.9 Å². The van der Waals surface area contributed by atoms with Crippen LogP contribution in [0.15, 0.2) is 48.8 Å². The van der Waals surface area contributed by atoms with E-state index in [2.05, 4.69) is 44.6 Å². The summed E-state index contributed by atoms with van der Waals surface area (Å²) in [4.78, 5) is 20.7. The van der Waals surface area contributed by atoms with E-state index in [-0.39, 0.29) is 17.6 Å². The number of carbonyl (C=O) groups is 1. The van der Waals surface area contributed by atoms with Crippen molar-refractivity contribution in [1.82, 2.24) is 25.0 Å². The highest BCUT2D eigenvalue weighted by molar-refractivity contribution is 7.15. The topological polar surface area (TPSA) is 72.3 Å². The Morgan fingerprint density at radius 3 is 2.78 bits per heavy atom. The van der Waals surface area contributed by atoms with E-state index in [0.29, 0.717) is 12.2 Å². The van der Waals surface area contributed by atoms with E-state index < -0.39 is 0 Å². The standard InChI is InChI=1S/C24H29N5O2S/c1-28-12-8-21(27-28)22(30)25-15-19-7-9-24(31-19)10-13-29(14-11-24)17-20-16-26-23(32-20)18-5-3-2-4-6-18/h2-6,8,12,16,19H,7,9-11,13-15,17H2,1H3,(H,25,30)/t19-/m0/s1. The van der Waals surface area contributed by atoms with E-state index in [1.165, 1.54) is 10.4 Å². The van der Waals surface area contributed by atoms with E-state index in [1.807, 2.05) is 19.3 Å². The van der Waals surface area contributed by atoms with Gasteiger partial charge in [0, 0.05) is 56.1 Å². The number of ether oxygens (including phenoxy) is 1. The number of piperidine rings is 1. The number of hydrogen-bond donors (Lipinski definition) is 1. The first-order valence-corrected chi connectivity index (χ1v) is 12.1. The molecule has 1 amide bonds. The molecule has 1 atom stereocenters. The van der Waals surface area contributed by atoms with Gasteiger partial charge < -0.3 is 10.1 Å². The highest BCUT2D eigenvalue weighted by atomic mass is 32.1. The minimum Gasteiger partial charge on any atom is -0.370 e. The normalized spacial score (nSPS) is 20.6. The molecule has 8 heteroatoms. The van der Waals surface area contributed by atoms with E-state index in [1.54, 1.807) is 28.3 Å². The number of rotatable bonds is 6. The van der Waals surface area contributed by atoms with E-state index in [4.69, 9.17) is 4.74 Å². The maximum absolute atomic E-state index is 12.2. The van der Waals surface area contributed by atoms with Gasteiger partial charge in [-0.15, -0.1) is 11.3 Å². The highest BCUT2D eigenvalue weighted by Gasteiger charge is 2.42. The Morgan fingerprint density at radius 1 is 1.22 bits per heavy atom. The van der Waals surface area contributed by atoms with Crippen molar-refractivity contribution in [1.29, 1.82) is 0 Å². The Labute approximate surface area is 192 Å². The summed E-state index contributed by atoms with van der Waals surface area (Å²) in [6.07, 6.45) is 8.04. The van der Waals surface area contributed by atoms with Gasteiger partial charge >= 0.3 is 0 Å². The number of aromatic nitrogens is 3. The zero-order valence-electron chi connectivity index (χ0n) is 18.4. The molecule has 3 aromatic rings. The largest absolute Gasteiger partial charge is 0.370 e. The molecule has 1 N–H and O–H groups in total. The molecular formula is C24H29N5O2S. The molecule has 2 aromatic heterocycles. The molecule has 0 unspecified atom stereocenters. The number of amides is 1. The van der Waals surface area contributed by atoms with Crippen molar-refractivity contribution in [2.24, 2.45) is 7.05 Å². The van der Waals surface area contributed by atoms with Crippen LogP contribution >= 0.6 is 11.3 Å². The lowest BCUT2D eigenvalue weighted by atomic mass is 9.88. The van der Waals surface area contributed by atoms with Gasteiger partial charge in [-0.2, -0.15) is 5.10 Å². The number of benzene rings is 1. The van der Waals surface area contributed by atoms with Gasteiger partial charge in [0.25, 0.3) is 5.91 Å². The molecule has 32 heavy (non-hydrogen) atoms. The smallest absolute Gasteiger partial charge is 0.271 e. The third-order valence-corrected chi connectivity index (χ3v) is 7.53. The van der Waals surface area contributed by atoms with Crippen molar-refractivity contribution in [2.45, 2.75) is 43.9 Å². The molecule has 0 aliphatic carbocycles. The Kier molecular flexibility index (Phi) is 6.08. The summed E-state index contributed by atoms with van der Waals surface area (Å²) in [6.45, 7) is 3.56. The SMILES string of the molecule is Cn1ccc(C(=O)NC[C@@H]2CCC3(CCN(Cc4cnc(-c5ccccc5)s4)CC3)O2)n1. The zero-order valence-corrected chi connectivity index (χ0v) is 19.2. The average Bonchev–Trinajstić information content (AvgIpc) is 3.55. The molecule has 2 aliphatic heterocycles. The van der Waals surface area contributed by atoms with Crippen LogP contribution in [-0.2, 0) is 18.3 Å². The second-order valence-corrected chi connectivity index (χ2v) is 9.94. The van der Waals surface area contributed by atoms with Gasteiger partial charge in [0.1, 0.15) is 10.7 Å². The van der Waals surface area contributed by atoms with Gasteiger partial charge in [-0.25, -0.2) is 4.98 Å². The van der Waals surface area contributed by atoms with Crippen LogP contribution in [0, 0.1) is 0 Å². The summed E-state index contributed by atoms with van der Waals surface area (Å²) in [5.41, 5.74) is 1.61. The maximum Gasteiger partial charge on any atom is 0.271 e. The molecule has 0 bridgehead atoms. The van der Waals surface area contributed by atoms with Crippen molar-refractivity contribution >= 4 is 17.2 Å². The zero-order chi connectivity index (χ0) is 22.0. The number of thiazole rings is 1. The van der Waals surface area contributed by atoms with Crippen LogP contribution in [0.1, 0.15) is 41.0 Å². The van der Waals surface area contributed by atoms with Crippen LogP contribution in [0.5, 0.6) is 0 Å². The first kappa shape index (κ1) is 21.3. The van der Waals surface area contributed by atoms with Crippen molar-refractivity contribution < 1.29 is 9.53 Å². The first-order valence-electron chi connectivity index (χ1n) is 11.3. The fraction of sp³-hybridized carbons (Fsp3) is 0.458. The van der Waals surface area contributed by atoms with Gasteiger partial charge in [-0.1, -0.05) is 30.3 Å². The summed E-state index contributed by atoms with van der Waals surface area (Å²) in [5.74, 6) is -0.135. The molecule has 2 saturated heterocycles. The highest BCUT2D eigenvalue weighted by Crippen LogP contribution is 2.39. The van der Waals surface area contributed by atoms with E-state index in [9.17, 15) is 4.79 Å². The lowest BCUT2D eigenvalue weighted by Crippen LogP contribution is -2.44. The van der Waals surface area contributed by atoms with E-state index >= 15 is 0 Å². The summed E-state index contributed by atoms with van der Waals surface area (Å²) in [7, 11) is 1.81. The molecule has 2 aliphatic rings. The number of nitrogens with one attached hydrogen (secondary N) is 1. The van der Waals surface area contributed by atoms with Crippen molar-refractivity contribution in [3.63, 3.8) is 0 Å². The van der Waals surface area contributed by atoms with Gasteiger partial charge in [0.2, 0.25) is 0 Å². The number of carbonyl (C=O) groups excluding carboxylic acids is 1. The molecule has 1 spiro atoms. The van der Waals surface area contributed by atoms with Crippen molar-refractivity contribution in [2.75, 3.05) is 19.6 Å². The summed E-state index contributed by atoms with van der Waals surface area (Å²) < 4.78 is 8.10. The lowest BCUT2D eigenvalue weighted by molar-refractivity contribution is -0.0763. The fourth-order valence-corrected chi connectivity index (χ4v) is 5.63. The van der Waals surface area contributed by atoms with Crippen LogP contribution in [0.4, 0.5) is 0 Å². The molecule has 4 heterocycles. The number of hydrogen-bond acceptors (Lipinski definition) is 6. The minimum atomic E-state index is -0.135. The second kappa shape index (κ2) is 9.13. The molecule has 0 saturated carbocycles. The number of nitrogens with zero attached hydrogens (tertiary/aromatic N) is 4. The molecule has 5 rings (SSSR count). The van der Waals surface area contributed by atoms with Gasteiger partial charge in [0.15, 0.2) is 0 Å². The van der Waals surface area contributed by atoms with E-state index in [0.717, 1.165) is 50.3 Å². The van der Waals surface area contributed by atoms with Gasteiger partial charge in [-0.3, -0.25) is 14.4 Å². The van der Waals surface area contributed by atoms with Crippen LogP contribution in [0.2, 0.25) is 0 Å². The predicted molar refractivity (Wildman–Crippen MR) is 124 cm³/mol. The minimum absolute atomic E-state index is 0.0280. The fourth-order valence-electron chi connectivity index (χ4n) is 4.67. The first-order chi connectivity index (χ1) is 15.6. The molecule has 1 aromatic carbocycles. The number of likely N-dealkylation sites (tertiary alicyclic amines) is 1. The summed E-state index contributed by atoms with van der Waals surface area (Å²) >= 11 is 1.78. The monoisotopic (exact) mass is 451 g/mol. The maximum atomic E-state index is 12.2. The van der Waals surface area contributed by atoms with Crippen molar-refractivity contribution in [3.05, 3.63) is 59.4 Å². The molecule has 0 radical (unpaired) electrons. The Hall–Kier alpha value is -2.55. The van der Waals surface area contributed by atoms with Gasteiger partial charge in [-0.05, 0) is 31.7 Å². The molecule has 7 nitrogen and oxygen atoms in total. The summed E-state index contributed by atoms with van der Waals surface area (Å²) in [5, 5.41) is 8.22. The predicted octanol–water partition coefficient (Wildman–Crippen LogP) is 3.49. The van der Waals surface area contributed by atoms with Crippen molar-refractivity contribution in [3.8, 4) is 10.6 Å². The van der Waals surface area contributed by atoms with Crippen LogP contribution in [0.25, 0.3) is 10.6 Å². The van der Waals surface area contributed by atoms with Gasteiger partial charge in [0.05, 0.1) is 11.7 Å². The third-order valence-electron chi connectivity index (χ3n) is 6.50.